The summed E-state index contributed by atoms with van der Waals surface area (Å²) in [5, 5.41) is 10.3. The smallest absolute Gasteiger partial charge is 0.321 e. The molecule has 3 heterocycles. The first kappa shape index (κ1) is 22.2. The summed E-state index contributed by atoms with van der Waals surface area (Å²) in [5.41, 5.74) is 3.02. The molecule has 0 spiro atoms. The second kappa shape index (κ2) is 9.70. The fraction of sp³-hybridized carbons (Fsp3) is 0.500. The SMILES string of the molecule is N/N=C(/C(c1ccsc1)N1CCC(n2c(=O)[nH]c3ccccc32)CC1)N(N)C1CCCCC1. The predicted octanol–water partition coefficient (Wildman–Crippen LogP) is 3.55. The van der Waals surface area contributed by atoms with E-state index in [4.69, 9.17) is 11.7 Å². The zero-order valence-electron chi connectivity index (χ0n) is 18.9. The van der Waals surface area contributed by atoms with Crippen molar-refractivity contribution in [1.29, 1.82) is 0 Å². The van der Waals surface area contributed by atoms with Crippen molar-refractivity contribution in [3.63, 3.8) is 0 Å². The zero-order valence-corrected chi connectivity index (χ0v) is 19.7. The maximum atomic E-state index is 12.7. The minimum Gasteiger partial charge on any atom is -0.321 e. The van der Waals surface area contributed by atoms with Gasteiger partial charge in [-0.1, -0.05) is 31.4 Å². The van der Waals surface area contributed by atoms with E-state index >= 15 is 0 Å². The summed E-state index contributed by atoms with van der Waals surface area (Å²) in [6.45, 7) is 1.68. The topological polar surface area (TPSA) is 109 Å². The lowest BCUT2D eigenvalue weighted by atomic mass is 9.93. The van der Waals surface area contributed by atoms with E-state index in [9.17, 15) is 4.79 Å². The minimum absolute atomic E-state index is 0.0290. The summed E-state index contributed by atoms with van der Waals surface area (Å²) < 4.78 is 1.93. The van der Waals surface area contributed by atoms with Gasteiger partial charge in [0.2, 0.25) is 0 Å². The van der Waals surface area contributed by atoms with Gasteiger partial charge in [0.15, 0.2) is 5.84 Å². The molecule has 2 fully saturated rings. The van der Waals surface area contributed by atoms with Crippen molar-refractivity contribution in [3.8, 4) is 0 Å². The van der Waals surface area contributed by atoms with E-state index in [1.807, 2.05) is 33.8 Å². The van der Waals surface area contributed by atoms with Gasteiger partial charge in [-0.25, -0.2) is 10.6 Å². The van der Waals surface area contributed by atoms with Crippen molar-refractivity contribution in [2.75, 3.05) is 13.1 Å². The average Bonchev–Trinajstić information content (AvgIpc) is 3.50. The highest BCUT2D eigenvalue weighted by atomic mass is 32.1. The second-order valence-corrected chi connectivity index (χ2v) is 10.0. The van der Waals surface area contributed by atoms with Gasteiger partial charge in [0.1, 0.15) is 0 Å². The van der Waals surface area contributed by atoms with Gasteiger partial charge in [0, 0.05) is 25.2 Å². The molecule has 0 bridgehead atoms. The number of para-hydroxylation sites is 2. The number of amidine groups is 1. The van der Waals surface area contributed by atoms with Crippen molar-refractivity contribution in [1.82, 2.24) is 19.5 Å². The Morgan fingerprint density at radius 3 is 2.58 bits per heavy atom. The largest absolute Gasteiger partial charge is 0.326 e. The van der Waals surface area contributed by atoms with Gasteiger partial charge in [-0.05, 0) is 60.2 Å². The number of fused-ring (bicyclic) bond motifs is 1. The van der Waals surface area contributed by atoms with E-state index in [0.29, 0.717) is 0 Å². The molecule has 9 heteroatoms. The quantitative estimate of drug-likeness (QED) is 0.230. The fourth-order valence-corrected chi connectivity index (χ4v) is 6.30. The van der Waals surface area contributed by atoms with Crippen LogP contribution in [0.1, 0.15) is 62.6 Å². The number of benzene rings is 1. The maximum absolute atomic E-state index is 12.7. The van der Waals surface area contributed by atoms with Crippen LogP contribution in [-0.2, 0) is 0 Å². The highest BCUT2D eigenvalue weighted by Gasteiger charge is 2.35. The van der Waals surface area contributed by atoms with Crippen LogP contribution in [0.15, 0.2) is 51.0 Å². The highest BCUT2D eigenvalue weighted by molar-refractivity contribution is 7.08. The van der Waals surface area contributed by atoms with E-state index in [2.05, 4.69) is 31.8 Å². The predicted molar refractivity (Wildman–Crippen MR) is 134 cm³/mol. The molecule has 2 aliphatic rings. The summed E-state index contributed by atoms with van der Waals surface area (Å²) in [7, 11) is 0. The number of hydrazone groups is 1. The van der Waals surface area contributed by atoms with Crippen molar-refractivity contribution < 1.29 is 0 Å². The lowest BCUT2D eigenvalue weighted by Crippen LogP contribution is -2.53. The third-order valence-electron chi connectivity index (χ3n) is 7.32. The summed E-state index contributed by atoms with van der Waals surface area (Å²) >= 11 is 1.68. The second-order valence-electron chi connectivity index (χ2n) is 9.23. The monoisotopic (exact) mass is 467 g/mol. The number of aromatic nitrogens is 2. The number of hydrogen-bond acceptors (Lipinski definition) is 6. The van der Waals surface area contributed by atoms with Crippen molar-refractivity contribution in [2.45, 2.75) is 63.1 Å². The Balaban J connectivity index is 1.38. The first-order valence-corrected chi connectivity index (χ1v) is 12.9. The van der Waals surface area contributed by atoms with E-state index in [-0.39, 0.29) is 23.8 Å². The summed E-state index contributed by atoms with van der Waals surface area (Å²) in [6.07, 6.45) is 7.60. The number of aromatic amines is 1. The Morgan fingerprint density at radius 2 is 1.88 bits per heavy atom. The molecule has 5 rings (SSSR count). The third kappa shape index (κ3) is 4.32. The number of piperidine rings is 1. The number of nitrogens with one attached hydrogen (secondary N) is 1. The molecule has 0 amide bonds. The normalized spacial score (nSPS) is 20.3. The molecule has 5 N–H and O–H groups in total. The molecule has 1 aliphatic carbocycles. The van der Waals surface area contributed by atoms with Crippen molar-refractivity contribution >= 4 is 28.2 Å². The number of rotatable bonds is 5. The van der Waals surface area contributed by atoms with Gasteiger partial charge < -0.3 is 10.8 Å². The molecule has 1 aliphatic heterocycles. The number of hydrogen-bond donors (Lipinski definition) is 3. The molecule has 2 aromatic heterocycles. The Morgan fingerprint density at radius 1 is 1.12 bits per heavy atom. The van der Waals surface area contributed by atoms with Gasteiger partial charge in [-0.3, -0.25) is 14.5 Å². The number of nitrogens with zero attached hydrogens (tertiary/aromatic N) is 4. The highest BCUT2D eigenvalue weighted by Crippen LogP contribution is 2.33. The summed E-state index contributed by atoms with van der Waals surface area (Å²) in [6, 6.07) is 10.4. The van der Waals surface area contributed by atoms with Gasteiger partial charge in [-0.15, -0.1) is 0 Å². The molecule has 3 aromatic rings. The Bertz CT molecular complexity index is 1140. The zero-order chi connectivity index (χ0) is 22.8. The first-order chi connectivity index (χ1) is 16.2. The minimum atomic E-state index is -0.0752. The maximum Gasteiger partial charge on any atom is 0.326 e. The molecular weight excluding hydrogens is 434 g/mol. The van der Waals surface area contributed by atoms with Gasteiger partial charge >= 0.3 is 5.69 Å². The summed E-state index contributed by atoms with van der Waals surface area (Å²) in [4.78, 5) is 18.1. The van der Waals surface area contributed by atoms with E-state index in [1.54, 1.807) is 11.3 Å². The van der Waals surface area contributed by atoms with E-state index < -0.39 is 0 Å². The van der Waals surface area contributed by atoms with Crippen molar-refractivity contribution in [2.24, 2.45) is 16.8 Å². The number of imidazole rings is 1. The van der Waals surface area contributed by atoms with E-state index in [0.717, 1.165) is 55.6 Å². The molecule has 176 valence electrons. The van der Waals surface area contributed by atoms with Gasteiger partial charge in [0.05, 0.1) is 17.1 Å². The number of likely N-dealkylation sites (tertiary alicyclic amines) is 1. The van der Waals surface area contributed by atoms with Crippen molar-refractivity contribution in [3.05, 3.63) is 57.1 Å². The van der Waals surface area contributed by atoms with Crippen LogP contribution in [0.25, 0.3) is 11.0 Å². The Kier molecular flexibility index (Phi) is 6.52. The van der Waals surface area contributed by atoms with Gasteiger partial charge in [-0.2, -0.15) is 16.4 Å². The standard InChI is InChI=1S/C24H33N7OS/c25-28-23(31(26)19-6-2-1-3-7-19)22(17-12-15-33-16-17)29-13-10-18(11-14-29)30-21-9-5-4-8-20(21)27-24(30)32/h4-5,8-9,12,15-16,18-19,22H,1-3,6-7,10-11,13-14,25-26H2,(H,27,32)/b28-23-. The van der Waals surface area contributed by atoms with Crippen LogP contribution in [0.2, 0.25) is 0 Å². The number of thiophene rings is 1. The van der Waals surface area contributed by atoms with Crippen LogP contribution in [0.3, 0.4) is 0 Å². The van der Waals surface area contributed by atoms with Gasteiger partial charge in [0.25, 0.3) is 0 Å². The third-order valence-corrected chi connectivity index (χ3v) is 8.02. The van der Waals surface area contributed by atoms with E-state index in [1.165, 1.54) is 24.8 Å². The Hall–Kier alpha value is -2.62. The lowest BCUT2D eigenvalue weighted by molar-refractivity contribution is 0.149. The van der Waals surface area contributed by atoms with Crippen LogP contribution >= 0.6 is 11.3 Å². The number of nitrogens with two attached hydrogens (primary N) is 2. The molecule has 33 heavy (non-hydrogen) atoms. The average molecular weight is 468 g/mol. The lowest BCUT2D eigenvalue weighted by Gasteiger charge is -2.41. The Labute approximate surface area is 197 Å². The fourth-order valence-electron chi connectivity index (χ4n) is 5.62. The van der Waals surface area contributed by atoms with Crippen LogP contribution in [0.5, 0.6) is 0 Å². The molecule has 8 nitrogen and oxygen atoms in total. The first-order valence-electron chi connectivity index (χ1n) is 11.9. The number of H-pyrrole nitrogens is 1. The molecule has 1 unspecified atom stereocenters. The number of hydrazine groups is 1. The molecule has 1 atom stereocenters. The molecule has 0 radical (unpaired) electrons. The van der Waals surface area contributed by atoms with Crippen LogP contribution < -0.4 is 17.4 Å². The van der Waals surface area contributed by atoms with Crippen LogP contribution in [0.4, 0.5) is 0 Å². The van der Waals surface area contributed by atoms with Crippen LogP contribution in [0, 0.1) is 0 Å². The van der Waals surface area contributed by atoms with Crippen LogP contribution in [-0.4, -0.2) is 44.4 Å². The molecular formula is C24H33N7OS. The molecule has 1 aromatic carbocycles. The molecule has 1 saturated heterocycles. The summed E-state index contributed by atoms with van der Waals surface area (Å²) in [5.74, 6) is 13.4. The molecule has 1 saturated carbocycles.